The van der Waals surface area contributed by atoms with E-state index in [1.807, 2.05) is 67.6 Å². The van der Waals surface area contributed by atoms with Gasteiger partial charge in [-0.25, -0.2) is 4.79 Å². The minimum Gasteiger partial charge on any atom is -0.385 e. The highest BCUT2D eigenvalue weighted by molar-refractivity contribution is 9.10. The molecule has 0 bridgehead atoms. The molecule has 0 aromatic heterocycles. The Morgan fingerprint density at radius 3 is 2.35 bits per heavy atom. The predicted molar refractivity (Wildman–Crippen MR) is 137 cm³/mol. The SMILES string of the molecule is Cc1ccc(C(=O)N2CCC(O)(c3ccc(Br)cc3)CC2)cc1NC(=O)NCc1ccccc1. The average molecular weight is 522 g/mol. The van der Waals surface area contributed by atoms with Crippen LogP contribution in [0.2, 0.25) is 0 Å². The Bertz CT molecular complexity index is 1160. The van der Waals surface area contributed by atoms with Crippen molar-refractivity contribution in [2.75, 3.05) is 18.4 Å². The molecule has 3 aromatic carbocycles. The quantitative estimate of drug-likeness (QED) is 0.431. The highest BCUT2D eigenvalue weighted by Crippen LogP contribution is 2.34. The number of carbonyl (C=O) groups excluding carboxylic acids is 2. The molecule has 1 aliphatic rings. The number of hydrogen-bond acceptors (Lipinski definition) is 3. The second-order valence-electron chi connectivity index (χ2n) is 8.65. The van der Waals surface area contributed by atoms with Gasteiger partial charge >= 0.3 is 6.03 Å². The van der Waals surface area contributed by atoms with Crippen LogP contribution in [0.3, 0.4) is 0 Å². The number of nitrogens with one attached hydrogen (secondary N) is 2. The van der Waals surface area contributed by atoms with Crippen molar-refractivity contribution in [1.29, 1.82) is 0 Å². The number of piperidine rings is 1. The summed E-state index contributed by atoms with van der Waals surface area (Å²) in [4.78, 5) is 27.3. The summed E-state index contributed by atoms with van der Waals surface area (Å²) in [6.07, 6.45) is 0.943. The lowest BCUT2D eigenvalue weighted by Gasteiger charge is -2.38. The van der Waals surface area contributed by atoms with Crippen LogP contribution in [0, 0.1) is 6.92 Å². The zero-order valence-corrected chi connectivity index (χ0v) is 20.6. The van der Waals surface area contributed by atoms with Gasteiger partial charge in [0.1, 0.15) is 0 Å². The van der Waals surface area contributed by atoms with Gasteiger partial charge < -0.3 is 20.6 Å². The zero-order chi connectivity index (χ0) is 24.1. The molecular formula is C27H28BrN3O3. The number of carbonyl (C=O) groups is 2. The van der Waals surface area contributed by atoms with Crippen LogP contribution in [0.1, 0.15) is 39.9 Å². The van der Waals surface area contributed by atoms with Crippen LogP contribution in [0.25, 0.3) is 0 Å². The molecule has 1 aliphatic heterocycles. The molecule has 4 rings (SSSR count). The van der Waals surface area contributed by atoms with E-state index in [1.165, 1.54) is 0 Å². The molecule has 7 heteroatoms. The van der Waals surface area contributed by atoms with E-state index in [0.717, 1.165) is 21.2 Å². The smallest absolute Gasteiger partial charge is 0.319 e. The molecular weight excluding hydrogens is 494 g/mol. The van der Waals surface area contributed by atoms with Crippen LogP contribution < -0.4 is 10.6 Å². The van der Waals surface area contributed by atoms with Crippen molar-refractivity contribution in [3.63, 3.8) is 0 Å². The van der Waals surface area contributed by atoms with E-state index in [1.54, 1.807) is 17.0 Å². The fourth-order valence-corrected chi connectivity index (χ4v) is 4.41. The van der Waals surface area contributed by atoms with Crippen LogP contribution in [0.5, 0.6) is 0 Å². The van der Waals surface area contributed by atoms with Crippen molar-refractivity contribution < 1.29 is 14.7 Å². The van der Waals surface area contributed by atoms with Gasteiger partial charge in [-0.2, -0.15) is 0 Å². The zero-order valence-electron chi connectivity index (χ0n) is 19.1. The molecule has 1 saturated heterocycles. The van der Waals surface area contributed by atoms with E-state index in [0.29, 0.717) is 43.7 Å². The first-order chi connectivity index (χ1) is 16.3. The Balaban J connectivity index is 1.38. The lowest BCUT2D eigenvalue weighted by Crippen LogP contribution is -2.45. The highest BCUT2D eigenvalue weighted by atomic mass is 79.9. The Morgan fingerprint density at radius 1 is 1.00 bits per heavy atom. The molecule has 0 spiro atoms. The third kappa shape index (κ3) is 5.66. The summed E-state index contributed by atoms with van der Waals surface area (Å²) in [5, 5.41) is 16.8. The lowest BCUT2D eigenvalue weighted by atomic mass is 9.84. The number of aliphatic hydroxyl groups is 1. The molecule has 176 valence electrons. The molecule has 0 atom stereocenters. The normalized spacial score (nSPS) is 15.0. The van der Waals surface area contributed by atoms with Gasteiger partial charge in [-0.15, -0.1) is 0 Å². The lowest BCUT2D eigenvalue weighted by molar-refractivity contribution is -0.0211. The fourth-order valence-electron chi connectivity index (χ4n) is 4.15. The molecule has 0 aliphatic carbocycles. The first-order valence-electron chi connectivity index (χ1n) is 11.3. The van der Waals surface area contributed by atoms with Gasteiger partial charge in [-0.05, 0) is 60.7 Å². The Morgan fingerprint density at radius 2 is 1.68 bits per heavy atom. The van der Waals surface area contributed by atoms with Gasteiger partial charge in [-0.3, -0.25) is 4.79 Å². The predicted octanol–water partition coefficient (Wildman–Crippen LogP) is 5.20. The molecule has 3 amide bonds. The maximum Gasteiger partial charge on any atom is 0.319 e. The fraction of sp³-hybridized carbons (Fsp3) is 0.259. The summed E-state index contributed by atoms with van der Waals surface area (Å²) < 4.78 is 0.963. The topological polar surface area (TPSA) is 81.7 Å². The van der Waals surface area contributed by atoms with Crippen LogP contribution in [0.15, 0.2) is 77.3 Å². The largest absolute Gasteiger partial charge is 0.385 e. The average Bonchev–Trinajstić information content (AvgIpc) is 2.85. The van der Waals surface area contributed by atoms with Crippen molar-refractivity contribution in [3.05, 3.63) is 99.5 Å². The van der Waals surface area contributed by atoms with Gasteiger partial charge in [0, 0.05) is 35.4 Å². The van der Waals surface area contributed by atoms with E-state index < -0.39 is 5.60 Å². The summed E-state index contributed by atoms with van der Waals surface area (Å²) in [6.45, 7) is 3.22. The van der Waals surface area contributed by atoms with E-state index in [2.05, 4.69) is 26.6 Å². The maximum absolute atomic E-state index is 13.2. The van der Waals surface area contributed by atoms with Crippen molar-refractivity contribution in [1.82, 2.24) is 10.2 Å². The number of benzene rings is 3. The number of hydrogen-bond donors (Lipinski definition) is 3. The molecule has 3 N–H and O–H groups in total. The monoisotopic (exact) mass is 521 g/mol. The summed E-state index contributed by atoms with van der Waals surface area (Å²) in [6, 6.07) is 22.4. The molecule has 3 aromatic rings. The van der Waals surface area contributed by atoms with E-state index >= 15 is 0 Å². The van der Waals surface area contributed by atoms with E-state index in [-0.39, 0.29) is 11.9 Å². The number of aryl methyl sites for hydroxylation is 1. The number of urea groups is 1. The van der Waals surface area contributed by atoms with Crippen LogP contribution in [-0.4, -0.2) is 35.0 Å². The number of anilines is 1. The van der Waals surface area contributed by atoms with E-state index in [4.69, 9.17) is 0 Å². The van der Waals surface area contributed by atoms with Crippen molar-refractivity contribution >= 4 is 33.6 Å². The number of likely N-dealkylation sites (tertiary alicyclic amines) is 1. The molecule has 6 nitrogen and oxygen atoms in total. The Hall–Kier alpha value is -3.16. The van der Waals surface area contributed by atoms with Crippen molar-refractivity contribution in [2.24, 2.45) is 0 Å². The third-order valence-corrected chi connectivity index (χ3v) is 6.82. The second-order valence-corrected chi connectivity index (χ2v) is 9.57. The maximum atomic E-state index is 13.2. The minimum atomic E-state index is -0.936. The first kappa shape index (κ1) is 24.0. The van der Waals surface area contributed by atoms with Gasteiger partial charge in [-0.1, -0.05) is 64.5 Å². The number of halogens is 1. The van der Waals surface area contributed by atoms with Gasteiger partial charge in [0.05, 0.1) is 5.60 Å². The van der Waals surface area contributed by atoms with Crippen LogP contribution in [0.4, 0.5) is 10.5 Å². The van der Waals surface area contributed by atoms with Gasteiger partial charge in [0.2, 0.25) is 0 Å². The highest BCUT2D eigenvalue weighted by Gasteiger charge is 2.35. The standard InChI is InChI=1S/C27H28BrN3O3/c1-19-7-8-21(17-24(19)30-26(33)29-18-20-5-3-2-4-6-20)25(32)31-15-13-27(34,14-16-31)22-9-11-23(28)12-10-22/h2-12,17,34H,13-16,18H2,1H3,(H2,29,30,33). The Labute approximate surface area is 208 Å². The van der Waals surface area contributed by atoms with Crippen LogP contribution >= 0.6 is 15.9 Å². The Kier molecular flexibility index (Phi) is 7.34. The van der Waals surface area contributed by atoms with E-state index in [9.17, 15) is 14.7 Å². The summed E-state index contributed by atoms with van der Waals surface area (Å²) in [7, 11) is 0. The summed E-state index contributed by atoms with van der Waals surface area (Å²) >= 11 is 3.42. The third-order valence-electron chi connectivity index (χ3n) is 6.29. The second kappa shape index (κ2) is 10.4. The molecule has 0 unspecified atom stereocenters. The van der Waals surface area contributed by atoms with Gasteiger partial charge in [0.25, 0.3) is 5.91 Å². The first-order valence-corrected chi connectivity index (χ1v) is 12.1. The molecule has 0 radical (unpaired) electrons. The van der Waals surface area contributed by atoms with Crippen molar-refractivity contribution in [2.45, 2.75) is 31.9 Å². The number of amides is 3. The molecule has 34 heavy (non-hydrogen) atoms. The number of rotatable bonds is 5. The minimum absolute atomic E-state index is 0.106. The molecule has 1 fully saturated rings. The number of nitrogens with zero attached hydrogens (tertiary/aromatic N) is 1. The van der Waals surface area contributed by atoms with Gasteiger partial charge in [0.15, 0.2) is 0 Å². The summed E-state index contributed by atoms with van der Waals surface area (Å²) in [5.74, 6) is -0.106. The van der Waals surface area contributed by atoms with Crippen molar-refractivity contribution in [3.8, 4) is 0 Å². The summed E-state index contributed by atoms with van der Waals surface area (Å²) in [5.41, 5.74) is 2.92. The van der Waals surface area contributed by atoms with Crippen LogP contribution in [-0.2, 0) is 12.1 Å². The molecule has 1 heterocycles. The molecule has 0 saturated carbocycles.